The van der Waals surface area contributed by atoms with Gasteiger partial charge in [-0.15, -0.1) is 23.8 Å². The Balaban J connectivity index is 0.000000253. The third-order valence-electron chi connectivity index (χ3n) is 9.26. The number of aryl methyl sites for hydroxylation is 3. The Kier molecular flexibility index (Phi) is 11.7. The van der Waals surface area contributed by atoms with E-state index in [0.29, 0.717) is 0 Å². The van der Waals surface area contributed by atoms with Crippen LogP contribution >= 0.6 is 11.3 Å². The molecular weight excluding hydrogens is 891 g/mol. The van der Waals surface area contributed by atoms with Gasteiger partial charge in [0, 0.05) is 43.8 Å². The average Bonchev–Trinajstić information content (AvgIpc) is 3.45. The Morgan fingerprint density at radius 3 is 2.10 bits per heavy atom. The van der Waals surface area contributed by atoms with E-state index in [9.17, 15) is 0 Å². The van der Waals surface area contributed by atoms with Crippen LogP contribution in [0.1, 0.15) is 70.0 Å². The van der Waals surface area contributed by atoms with Crippen molar-refractivity contribution < 1.29 is 21.5 Å². The molecule has 0 spiro atoms. The largest absolute Gasteiger partial charge is 0.304 e. The van der Waals surface area contributed by atoms with Gasteiger partial charge in [0.25, 0.3) is 0 Å². The molecule has 0 aliphatic carbocycles. The average molecular weight is 942 g/mol. The molecule has 4 aromatic heterocycles. The van der Waals surface area contributed by atoms with Gasteiger partial charge in [-0.3, -0.25) is 4.98 Å². The standard InChI is InChI=1S/C31H31N2S.C15H18GeN.Ir/c1-18(2)26-16-28(32-17-27(26)31(5,6)7)25-10-8-9-24-23-12-11-21(15-29(23)34-30(24)25)22-13-19(3)33-20(4)14-22;1-12-10-15(13-8-6-5-7-9-13)17-11-14(12)16(2,3)4;/h8-9,11-18H,1-7H3;5-8,10-11H,1-4H3;/q2*-1;/i18D;;. The molecule has 0 saturated carbocycles. The van der Waals surface area contributed by atoms with E-state index < -0.39 is 19.2 Å². The molecule has 0 fully saturated rings. The zero-order valence-corrected chi connectivity index (χ0v) is 37.6. The summed E-state index contributed by atoms with van der Waals surface area (Å²) in [5.41, 5.74) is 11.9. The summed E-state index contributed by atoms with van der Waals surface area (Å²) in [7, 11) is 0. The Labute approximate surface area is 332 Å². The summed E-state index contributed by atoms with van der Waals surface area (Å²) in [6, 6.07) is 34.1. The normalized spacial score (nSPS) is 12.2. The molecule has 1 radical (unpaired) electrons. The van der Waals surface area contributed by atoms with Gasteiger partial charge < -0.3 is 4.98 Å². The first-order valence-corrected chi connectivity index (χ1v) is 25.8. The number of aromatic nitrogens is 3. The van der Waals surface area contributed by atoms with Crippen molar-refractivity contribution in [3.8, 4) is 33.6 Å². The van der Waals surface area contributed by atoms with E-state index in [2.05, 4.69) is 128 Å². The molecule has 52 heavy (non-hydrogen) atoms. The fourth-order valence-corrected chi connectivity index (χ4v) is 11.6. The molecule has 7 aromatic rings. The Bertz CT molecular complexity index is 2380. The van der Waals surface area contributed by atoms with Crippen LogP contribution in [-0.2, 0) is 25.5 Å². The Morgan fingerprint density at radius 2 is 1.48 bits per heavy atom. The number of benzene rings is 3. The summed E-state index contributed by atoms with van der Waals surface area (Å²) >= 11 is 0.0171. The second-order valence-corrected chi connectivity index (χ2v) is 27.4. The van der Waals surface area contributed by atoms with E-state index in [1.54, 1.807) is 11.3 Å². The molecule has 0 aliphatic rings. The molecular formula is C46H49GeIrN3S-2. The molecule has 0 N–H and O–H groups in total. The van der Waals surface area contributed by atoms with Crippen LogP contribution in [0.3, 0.4) is 0 Å². The zero-order chi connectivity index (χ0) is 37.6. The first kappa shape index (κ1) is 38.3. The van der Waals surface area contributed by atoms with E-state index in [1.165, 1.54) is 41.3 Å². The number of hydrogen-bond donors (Lipinski definition) is 0. The van der Waals surface area contributed by atoms with E-state index >= 15 is 0 Å². The minimum atomic E-state index is -1.77. The molecule has 4 heterocycles. The number of fused-ring (bicyclic) bond motifs is 3. The summed E-state index contributed by atoms with van der Waals surface area (Å²) in [5, 5.41) is 2.47. The monoisotopic (exact) mass is 943 g/mol. The smallest absolute Gasteiger partial charge is 0.0382 e. The number of thiophene rings is 1. The molecule has 0 saturated heterocycles. The molecule has 0 bridgehead atoms. The topological polar surface area (TPSA) is 38.7 Å². The van der Waals surface area contributed by atoms with Crippen LogP contribution in [-0.4, -0.2) is 28.2 Å². The molecule has 7 rings (SSSR count). The molecule has 0 unspecified atom stereocenters. The zero-order valence-electron chi connectivity index (χ0n) is 33.2. The van der Waals surface area contributed by atoms with Crippen molar-refractivity contribution in [1.29, 1.82) is 0 Å². The van der Waals surface area contributed by atoms with Crippen molar-refractivity contribution in [3.05, 3.63) is 131 Å². The van der Waals surface area contributed by atoms with Crippen LogP contribution in [0, 0.1) is 32.9 Å². The second kappa shape index (κ2) is 15.9. The van der Waals surface area contributed by atoms with Gasteiger partial charge in [-0.2, -0.15) is 11.3 Å². The molecule has 3 aromatic carbocycles. The fraction of sp³-hybridized carbons (Fsp3) is 0.283. The maximum Gasteiger partial charge on any atom is 0.0382 e. The first-order chi connectivity index (χ1) is 24.4. The molecule has 0 atom stereocenters. The van der Waals surface area contributed by atoms with Gasteiger partial charge in [0.15, 0.2) is 0 Å². The summed E-state index contributed by atoms with van der Waals surface area (Å²) in [6.07, 6.45) is 4.04. The van der Waals surface area contributed by atoms with Gasteiger partial charge in [-0.25, -0.2) is 0 Å². The molecule has 269 valence electrons. The maximum atomic E-state index is 8.80. The minimum absolute atomic E-state index is 0. The third-order valence-corrected chi connectivity index (χ3v) is 14.9. The van der Waals surface area contributed by atoms with Crippen LogP contribution in [0.15, 0.2) is 91.3 Å². The second-order valence-electron chi connectivity index (χ2n) is 15.8. The summed E-state index contributed by atoms with van der Waals surface area (Å²) < 4.78 is 12.7. The Morgan fingerprint density at radius 1 is 0.769 bits per heavy atom. The first-order valence-electron chi connectivity index (χ1n) is 18.2. The fourth-order valence-electron chi connectivity index (χ4n) is 6.76. The van der Waals surface area contributed by atoms with E-state index in [1.807, 2.05) is 58.2 Å². The minimum Gasteiger partial charge on any atom is -0.304 e. The van der Waals surface area contributed by atoms with Crippen molar-refractivity contribution in [3.63, 3.8) is 0 Å². The third kappa shape index (κ3) is 8.66. The van der Waals surface area contributed by atoms with Crippen molar-refractivity contribution in [2.75, 3.05) is 0 Å². The van der Waals surface area contributed by atoms with E-state index in [0.717, 1.165) is 45.0 Å². The summed E-state index contributed by atoms with van der Waals surface area (Å²) in [4.78, 5) is 14.0. The van der Waals surface area contributed by atoms with Gasteiger partial charge in [0.1, 0.15) is 0 Å². The molecule has 0 amide bonds. The van der Waals surface area contributed by atoms with Crippen molar-refractivity contribution >= 4 is 49.2 Å². The molecule has 6 heteroatoms. The maximum absolute atomic E-state index is 8.80. The van der Waals surface area contributed by atoms with Crippen LogP contribution in [0.4, 0.5) is 0 Å². The van der Waals surface area contributed by atoms with Gasteiger partial charge in [-0.05, 0) is 81.4 Å². The van der Waals surface area contributed by atoms with Crippen LogP contribution in [0.2, 0.25) is 17.3 Å². The predicted molar refractivity (Wildman–Crippen MR) is 223 cm³/mol. The number of rotatable bonds is 5. The van der Waals surface area contributed by atoms with Gasteiger partial charge >= 0.3 is 106 Å². The van der Waals surface area contributed by atoms with Crippen LogP contribution < -0.4 is 4.40 Å². The van der Waals surface area contributed by atoms with Crippen molar-refractivity contribution in [2.24, 2.45) is 0 Å². The molecule has 0 aliphatic heterocycles. The summed E-state index contributed by atoms with van der Waals surface area (Å²) in [5.74, 6) is 6.49. The van der Waals surface area contributed by atoms with Crippen molar-refractivity contribution in [2.45, 2.75) is 84.0 Å². The SMILES string of the molecule is Cc1cc(-c2[c-]cccc2)nc[c]1[Ge]([CH3])([CH3])[CH3].[2H]C(C)(C)c1cc(-c2[c-]ccc3c2sc2cc(-c4cc(C)nc(C)c4)ccc23)ncc1C(C)(C)C.[Ir]. The molecule has 3 nitrogen and oxygen atoms in total. The van der Waals surface area contributed by atoms with Gasteiger partial charge in [0.05, 0.1) is 0 Å². The quantitative estimate of drug-likeness (QED) is 0.127. The number of nitrogens with zero attached hydrogens (tertiary/aromatic N) is 3. The van der Waals surface area contributed by atoms with E-state index in [-0.39, 0.29) is 25.5 Å². The van der Waals surface area contributed by atoms with Gasteiger partial charge in [0.2, 0.25) is 0 Å². The predicted octanol–water partition coefficient (Wildman–Crippen LogP) is 12.4. The number of hydrogen-bond acceptors (Lipinski definition) is 4. The Hall–Kier alpha value is -3.48. The van der Waals surface area contributed by atoms with Crippen LogP contribution in [0.5, 0.6) is 0 Å². The van der Waals surface area contributed by atoms with Gasteiger partial charge in [-0.1, -0.05) is 58.2 Å². The summed E-state index contributed by atoms with van der Waals surface area (Å²) in [6.45, 7) is 16.7. The van der Waals surface area contributed by atoms with Crippen LogP contribution in [0.25, 0.3) is 53.8 Å². The number of pyridine rings is 3. The van der Waals surface area contributed by atoms with Crippen molar-refractivity contribution in [1.82, 2.24) is 15.0 Å². The van der Waals surface area contributed by atoms with E-state index in [4.69, 9.17) is 6.35 Å².